The average Bonchev–Trinajstić information content (AvgIpc) is 3.41. The monoisotopic (exact) mass is 526 g/mol. The van der Waals surface area contributed by atoms with E-state index in [0.717, 1.165) is 58.1 Å². The third-order valence-corrected chi connectivity index (χ3v) is 8.59. The van der Waals surface area contributed by atoms with Crippen LogP contribution in [0.25, 0.3) is 21.2 Å². The largest absolute Gasteiger partial charge is 0.465 e. The molecule has 0 unspecified atom stereocenters. The van der Waals surface area contributed by atoms with E-state index in [-0.39, 0.29) is 17.8 Å². The average molecular weight is 527 g/mol. The van der Waals surface area contributed by atoms with Crippen molar-refractivity contribution in [3.05, 3.63) is 83.2 Å². The number of ether oxygens (including phenoxy) is 1. The number of benzene rings is 3. The van der Waals surface area contributed by atoms with E-state index in [1.807, 2.05) is 43.3 Å². The molecule has 0 radical (unpaired) electrons. The van der Waals surface area contributed by atoms with Crippen molar-refractivity contribution in [3.63, 3.8) is 0 Å². The number of methoxy groups -OCH3 is 1. The molecular weight excluding hydrogens is 492 g/mol. The summed E-state index contributed by atoms with van der Waals surface area (Å²) in [6, 6.07) is 24.8. The smallest absolute Gasteiger partial charge is 0.348 e. The number of fused-ring (bicyclic) bond motifs is 1. The summed E-state index contributed by atoms with van der Waals surface area (Å²) in [5.41, 5.74) is 5.41. The molecule has 0 N–H and O–H groups in total. The van der Waals surface area contributed by atoms with Crippen molar-refractivity contribution in [2.45, 2.75) is 38.6 Å². The van der Waals surface area contributed by atoms with E-state index in [9.17, 15) is 9.59 Å². The number of carbonyl (C=O) groups excluding carboxylic acids is 2. The van der Waals surface area contributed by atoms with Crippen molar-refractivity contribution < 1.29 is 14.3 Å². The van der Waals surface area contributed by atoms with Gasteiger partial charge >= 0.3 is 5.97 Å². The standard InChI is InChI=1S/C32H34N2O3S/c1-33(2)27-18-16-24(17-19-27)23-14-12-22(13-15-23)21-34(31(35)25-8-5-4-6-9-25)28-11-7-10-26-20-29(32(36)37-3)38-30(26)28/h7,10-20,25H,4-6,8-9,21H2,1-3H3. The van der Waals surface area contributed by atoms with Crippen molar-refractivity contribution >= 4 is 44.7 Å². The fourth-order valence-corrected chi connectivity index (χ4v) is 6.35. The van der Waals surface area contributed by atoms with E-state index in [4.69, 9.17) is 4.74 Å². The summed E-state index contributed by atoms with van der Waals surface area (Å²) in [7, 11) is 5.47. The Morgan fingerprint density at radius 1 is 0.895 bits per heavy atom. The first-order valence-electron chi connectivity index (χ1n) is 13.2. The second kappa shape index (κ2) is 11.4. The van der Waals surface area contributed by atoms with Crippen LogP contribution >= 0.6 is 11.3 Å². The molecule has 5 nitrogen and oxygen atoms in total. The maximum Gasteiger partial charge on any atom is 0.348 e. The number of thiophene rings is 1. The van der Waals surface area contributed by atoms with Gasteiger partial charge in [0.05, 0.1) is 24.0 Å². The van der Waals surface area contributed by atoms with Gasteiger partial charge in [-0.25, -0.2) is 4.79 Å². The highest BCUT2D eigenvalue weighted by atomic mass is 32.1. The summed E-state index contributed by atoms with van der Waals surface area (Å²) in [4.78, 5) is 30.8. The van der Waals surface area contributed by atoms with Crippen molar-refractivity contribution in [2.75, 3.05) is 31.0 Å². The molecule has 0 bridgehead atoms. The zero-order valence-corrected chi connectivity index (χ0v) is 23.1. The van der Waals surface area contributed by atoms with Crippen molar-refractivity contribution in [1.82, 2.24) is 0 Å². The van der Waals surface area contributed by atoms with Gasteiger partial charge in [0, 0.05) is 25.7 Å². The minimum Gasteiger partial charge on any atom is -0.465 e. The summed E-state index contributed by atoms with van der Waals surface area (Å²) in [6.45, 7) is 0.486. The van der Waals surface area contributed by atoms with Crippen LogP contribution < -0.4 is 9.80 Å². The Bertz CT molecular complexity index is 1420. The molecule has 0 atom stereocenters. The number of hydrogen-bond acceptors (Lipinski definition) is 5. The number of amides is 1. The molecule has 3 aromatic carbocycles. The minimum atomic E-state index is -0.350. The molecule has 5 rings (SSSR count). The lowest BCUT2D eigenvalue weighted by Crippen LogP contribution is -2.36. The topological polar surface area (TPSA) is 49.9 Å². The van der Waals surface area contributed by atoms with Crippen LogP contribution in [-0.4, -0.2) is 33.1 Å². The van der Waals surface area contributed by atoms with Gasteiger partial charge in [-0.1, -0.05) is 67.8 Å². The Labute approximate surface area is 228 Å². The number of nitrogens with zero attached hydrogens (tertiary/aromatic N) is 2. The zero-order chi connectivity index (χ0) is 26.6. The molecule has 38 heavy (non-hydrogen) atoms. The molecule has 1 fully saturated rings. The van der Waals surface area contributed by atoms with Crippen LogP contribution in [0.15, 0.2) is 72.8 Å². The maximum atomic E-state index is 14.0. The number of carbonyl (C=O) groups is 2. The third kappa shape index (κ3) is 5.46. The summed E-state index contributed by atoms with van der Waals surface area (Å²) in [5, 5.41) is 0.950. The van der Waals surface area contributed by atoms with E-state index in [1.165, 1.54) is 30.6 Å². The van der Waals surface area contributed by atoms with Crippen LogP contribution in [0.2, 0.25) is 0 Å². The number of rotatable bonds is 7. The highest BCUT2D eigenvalue weighted by molar-refractivity contribution is 7.21. The van der Waals surface area contributed by atoms with Crippen LogP contribution in [0.1, 0.15) is 47.3 Å². The Morgan fingerprint density at radius 3 is 2.18 bits per heavy atom. The Kier molecular flexibility index (Phi) is 7.79. The summed E-state index contributed by atoms with van der Waals surface area (Å²) >= 11 is 1.39. The second-order valence-corrected chi connectivity index (χ2v) is 11.2. The van der Waals surface area contributed by atoms with Crippen LogP contribution in [-0.2, 0) is 16.1 Å². The Balaban J connectivity index is 1.47. The third-order valence-electron chi connectivity index (χ3n) is 7.43. The molecule has 0 spiro atoms. The molecule has 1 saturated carbocycles. The molecule has 6 heteroatoms. The molecular formula is C32H34N2O3S. The van der Waals surface area contributed by atoms with Gasteiger partial charge < -0.3 is 14.5 Å². The van der Waals surface area contributed by atoms with Crippen molar-refractivity contribution in [1.29, 1.82) is 0 Å². The summed E-state index contributed by atoms with van der Waals surface area (Å²) in [5.74, 6) is -0.140. The molecule has 1 aliphatic rings. The predicted molar refractivity (Wildman–Crippen MR) is 157 cm³/mol. The highest BCUT2D eigenvalue weighted by Crippen LogP contribution is 2.37. The lowest BCUT2D eigenvalue weighted by atomic mass is 9.88. The molecule has 4 aromatic rings. The first-order chi connectivity index (χ1) is 18.4. The van der Waals surface area contributed by atoms with Gasteiger partial charge in [-0.2, -0.15) is 0 Å². The number of hydrogen-bond donors (Lipinski definition) is 0. The lowest BCUT2D eigenvalue weighted by Gasteiger charge is -2.30. The van der Waals surface area contributed by atoms with Gasteiger partial charge in [0.15, 0.2) is 0 Å². The van der Waals surface area contributed by atoms with Gasteiger partial charge in [0.2, 0.25) is 5.91 Å². The normalized spacial score (nSPS) is 13.9. The van der Waals surface area contributed by atoms with Gasteiger partial charge in [-0.3, -0.25) is 4.79 Å². The van der Waals surface area contributed by atoms with Crippen molar-refractivity contribution in [2.24, 2.45) is 5.92 Å². The highest BCUT2D eigenvalue weighted by Gasteiger charge is 2.28. The molecule has 196 valence electrons. The van der Waals surface area contributed by atoms with Crippen LogP contribution in [0, 0.1) is 5.92 Å². The molecule has 0 aliphatic heterocycles. The first kappa shape index (κ1) is 26.0. The molecule has 0 saturated heterocycles. The molecule has 1 heterocycles. The predicted octanol–water partition coefficient (Wildman–Crippen LogP) is 7.53. The molecule has 1 aromatic heterocycles. The zero-order valence-electron chi connectivity index (χ0n) is 22.3. The van der Waals surface area contributed by atoms with Gasteiger partial charge in [0.1, 0.15) is 4.88 Å². The number of anilines is 2. The molecule has 1 amide bonds. The lowest BCUT2D eigenvalue weighted by molar-refractivity contribution is -0.123. The number of esters is 1. The van der Waals surface area contributed by atoms with E-state index >= 15 is 0 Å². The fraction of sp³-hybridized carbons (Fsp3) is 0.312. The van der Waals surface area contributed by atoms with E-state index in [1.54, 1.807) is 0 Å². The quantitative estimate of drug-likeness (QED) is 0.234. The van der Waals surface area contributed by atoms with Crippen LogP contribution in [0.5, 0.6) is 0 Å². The van der Waals surface area contributed by atoms with Crippen LogP contribution in [0.3, 0.4) is 0 Å². The second-order valence-electron chi connectivity index (χ2n) is 10.2. The van der Waals surface area contributed by atoms with Gasteiger partial charge in [-0.15, -0.1) is 11.3 Å². The van der Waals surface area contributed by atoms with E-state index < -0.39 is 0 Å². The SMILES string of the molecule is COC(=O)c1cc2cccc(N(Cc3ccc(-c4ccc(N(C)C)cc4)cc3)C(=O)C3CCCCC3)c2s1. The van der Waals surface area contributed by atoms with E-state index in [2.05, 4.69) is 53.4 Å². The Hall–Kier alpha value is -3.64. The van der Waals surface area contributed by atoms with Gasteiger partial charge in [-0.05, 0) is 59.2 Å². The maximum absolute atomic E-state index is 14.0. The Morgan fingerprint density at radius 2 is 1.55 bits per heavy atom. The fourth-order valence-electron chi connectivity index (χ4n) is 5.25. The van der Waals surface area contributed by atoms with Crippen LogP contribution in [0.4, 0.5) is 11.4 Å². The van der Waals surface area contributed by atoms with Gasteiger partial charge in [0.25, 0.3) is 0 Å². The molecule has 1 aliphatic carbocycles. The van der Waals surface area contributed by atoms with E-state index in [0.29, 0.717) is 11.4 Å². The summed E-state index contributed by atoms with van der Waals surface area (Å²) in [6.07, 6.45) is 5.27. The minimum absolute atomic E-state index is 0.0357. The summed E-state index contributed by atoms with van der Waals surface area (Å²) < 4.78 is 5.90. The first-order valence-corrected chi connectivity index (χ1v) is 14.0. The van der Waals surface area contributed by atoms with Crippen molar-refractivity contribution in [3.8, 4) is 11.1 Å².